The summed E-state index contributed by atoms with van der Waals surface area (Å²) in [7, 11) is 2.76. The Hall–Kier alpha value is -3.68. The minimum Gasteiger partial charge on any atom is -0.497 e. The first kappa shape index (κ1) is 18.1. The molecule has 0 aliphatic rings. The van der Waals surface area contributed by atoms with E-state index < -0.39 is 11.9 Å². The highest BCUT2D eigenvalue weighted by molar-refractivity contribution is 6.08. The Morgan fingerprint density at radius 2 is 1.93 bits per heavy atom. The van der Waals surface area contributed by atoms with Crippen LogP contribution in [0.2, 0.25) is 0 Å². The molecule has 2 heterocycles. The van der Waals surface area contributed by atoms with Gasteiger partial charge in [0.2, 0.25) is 0 Å². The lowest BCUT2D eigenvalue weighted by Crippen LogP contribution is -2.16. The van der Waals surface area contributed by atoms with Crippen LogP contribution in [0.3, 0.4) is 0 Å². The van der Waals surface area contributed by atoms with Crippen molar-refractivity contribution >= 4 is 17.6 Å². The maximum atomic E-state index is 12.7. The standard InChI is InChI=1S/C19H18N4O4/c1-12-15(11-21-23(12)17-6-4-5-9-20-17)18(24)22-16-8-7-13(26-2)10-14(16)19(25)27-3/h4-11H,1-3H3,(H,22,24). The van der Waals surface area contributed by atoms with E-state index in [2.05, 4.69) is 15.4 Å². The molecule has 8 nitrogen and oxygen atoms in total. The third kappa shape index (κ3) is 3.64. The third-order valence-corrected chi connectivity index (χ3v) is 4.00. The van der Waals surface area contributed by atoms with Crippen LogP contribution in [0.1, 0.15) is 26.4 Å². The molecule has 0 atom stereocenters. The molecule has 2 aromatic heterocycles. The number of carbonyl (C=O) groups excluding carboxylic acids is 2. The predicted octanol–water partition coefficient (Wildman–Crippen LogP) is 2.62. The van der Waals surface area contributed by atoms with Gasteiger partial charge in [0, 0.05) is 6.20 Å². The lowest BCUT2D eigenvalue weighted by Gasteiger charge is -2.11. The van der Waals surface area contributed by atoms with Crippen LogP contribution in [-0.2, 0) is 4.74 Å². The van der Waals surface area contributed by atoms with Gasteiger partial charge in [-0.3, -0.25) is 4.79 Å². The summed E-state index contributed by atoms with van der Waals surface area (Å²) in [5.41, 5.74) is 1.50. The number of aromatic nitrogens is 3. The van der Waals surface area contributed by atoms with E-state index in [4.69, 9.17) is 9.47 Å². The minimum absolute atomic E-state index is 0.194. The molecule has 3 aromatic rings. The van der Waals surface area contributed by atoms with Crippen molar-refractivity contribution in [3.63, 3.8) is 0 Å². The lowest BCUT2D eigenvalue weighted by atomic mass is 10.1. The number of nitrogens with zero attached hydrogens (tertiary/aromatic N) is 3. The van der Waals surface area contributed by atoms with Crippen LogP contribution in [0.15, 0.2) is 48.8 Å². The van der Waals surface area contributed by atoms with Crippen LogP contribution in [0.5, 0.6) is 5.75 Å². The van der Waals surface area contributed by atoms with Gasteiger partial charge >= 0.3 is 5.97 Å². The van der Waals surface area contributed by atoms with Gasteiger partial charge in [0.25, 0.3) is 5.91 Å². The average Bonchev–Trinajstić information content (AvgIpc) is 3.09. The fraction of sp³-hybridized carbons (Fsp3) is 0.158. The van der Waals surface area contributed by atoms with E-state index in [1.807, 2.05) is 6.07 Å². The quantitative estimate of drug-likeness (QED) is 0.698. The van der Waals surface area contributed by atoms with E-state index in [1.54, 1.807) is 42.1 Å². The Morgan fingerprint density at radius 3 is 2.59 bits per heavy atom. The molecule has 27 heavy (non-hydrogen) atoms. The van der Waals surface area contributed by atoms with Gasteiger partial charge in [-0.05, 0) is 37.3 Å². The van der Waals surface area contributed by atoms with Crippen LogP contribution in [0, 0.1) is 6.92 Å². The zero-order valence-electron chi connectivity index (χ0n) is 15.1. The Balaban J connectivity index is 1.91. The first-order valence-corrected chi connectivity index (χ1v) is 8.09. The normalized spacial score (nSPS) is 10.3. The molecular weight excluding hydrogens is 348 g/mol. The fourth-order valence-corrected chi connectivity index (χ4v) is 2.57. The number of methoxy groups -OCH3 is 2. The van der Waals surface area contributed by atoms with Crippen molar-refractivity contribution in [2.75, 3.05) is 19.5 Å². The zero-order valence-corrected chi connectivity index (χ0v) is 15.1. The van der Waals surface area contributed by atoms with Gasteiger partial charge in [0.05, 0.1) is 42.9 Å². The Bertz CT molecular complexity index is 983. The number of ether oxygens (including phenoxy) is 2. The van der Waals surface area contributed by atoms with Gasteiger partial charge in [-0.2, -0.15) is 5.10 Å². The Morgan fingerprint density at radius 1 is 1.11 bits per heavy atom. The summed E-state index contributed by atoms with van der Waals surface area (Å²) in [6.07, 6.45) is 3.11. The number of amides is 1. The van der Waals surface area contributed by atoms with E-state index in [1.165, 1.54) is 26.5 Å². The summed E-state index contributed by atoms with van der Waals surface area (Å²) in [6.45, 7) is 1.77. The molecule has 1 N–H and O–H groups in total. The Labute approximate surface area is 155 Å². The number of nitrogens with one attached hydrogen (secondary N) is 1. The number of benzene rings is 1. The third-order valence-electron chi connectivity index (χ3n) is 4.00. The van der Waals surface area contributed by atoms with E-state index in [0.717, 1.165) is 0 Å². The van der Waals surface area contributed by atoms with Crippen LogP contribution in [0.25, 0.3) is 5.82 Å². The summed E-state index contributed by atoms with van der Waals surface area (Å²) >= 11 is 0. The van der Waals surface area contributed by atoms with E-state index in [9.17, 15) is 9.59 Å². The molecule has 0 bridgehead atoms. The van der Waals surface area contributed by atoms with E-state index in [-0.39, 0.29) is 5.56 Å². The van der Waals surface area contributed by atoms with E-state index >= 15 is 0 Å². The second-order valence-corrected chi connectivity index (χ2v) is 5.60. The molecule has 0 saturated carbocycles. The van der Waals surface area contributed by atoms with Crippen molar-refractivity contribution in [2.24, 2.45) is 0 Å². The monoisotopic (exact) mass is 366 g/mol. The smallest absolute Gasteiger partial charge is 0.340 e. The second kappa shape index (κ2) is 7.69. The predicted molar refractivity (Wildman–Crippen MR) is 98.4 cm³/mol. The number of carbonyl (C=O) groups is 2. The molecule has 0 spiro atoms. The molecule has 138 valence electrons. The molecule has 0 fully saturated rings. The van der Waals surface area contributed by atoms with Gasteiger partial charge < -0.3 is 14.8 Å². The van der Waals surface area contributed by atoms with Gasteiger partial charge in [-0.25, -0.2) is 14.5 Å². The molecule has 0 aliphatic heterocycles. The molecule has 1 amide bonds. The van der Waals surface area contributed by atoms with Crippen molar-refractivity contribution in [3.05, 3.63) is 65.6 Å². The topological polar surface area (TPSA) is 95.3 Å². The van der Waals surface area contributed by atoms with Crippen LogP contribution < -0.4 is 10.1 Å². The summed E-state index contributed by atoms with van der Waals surface area (Å²) in [5, 5.41) is 6.96. The fourth-order valence-electron chi connectivity index (χ4n) is 2.57. The van der Waals surface area contributed by atoms with Crippen molar-refractivity contribution in [3.8, 4) is 11.6 Å². The molecular formula is C19H18N4O4. The molecule has 0 radical (unpaired) electrons. The minimum atomic E-state index is -0.579. The number of pyridine rings is 1. The van der Waals surface area contributed by atoms with E-state index in [0.29, 0.717) is 28.5 Å². The highest BCUT2D eigenvalue weighted by Crippen LogP contribution is 2.24. The number of anilines is 1. The van der Waals surface area contributed by atoms with Crippen LogP contribution in [-0.4, -0.2) is 40.9 Å². The first-order chi connectivity index (χ1) is 13.0. The van der Waals surface area contributed by atoms with Crippen molar-refractivity contribution < 1.29 is 19.1 Å². The van der Waals surface area contributed by atoms with Crippen LogP contribution in [0.4, 0.5) is 5.69 Å². The van der Waals surface area contributed by atoms with Crippen LogP contribution >= 0.6 is 0 Å². The molecule has 8 heteroatoms. The molecule has 1 aromatic carbocycles. The summed E-state index contributed by atoms with van der Waals surface area (Å²) in [4.78, 5) is 29.0. The lowest BCUT2D eigenvalue weighted by molar-refractivity contribution is 0.0601. The Kier molecular flexibility index (Phi) is 5.16. The molecule has 0 saturated heterocycles. The van der Waals surface area contributed by atoms with Crippen molar-refractivity contribution in [1.29, 1.82) is 0 Å². The first-order valence-electron chi connectivity index (χ1n) is 8.09. The highest BCUT2D eigenvalue weighted by Gasteiger charge is 2.19. The van der Waals surface area contributed by atoms with Crippen molar-refractivity contribution in [2.45, 2.75) is 6.92 Å². The van der Waals surface area contributed by atoms with Gasteiger partial charge in [-0.15, -0.1) is 0 Å². The maximum absolute atomic E-state index is 12.7. The SMILES string of the molecule is COC(=O)c1cc(OC)ccc1NC(=O)c1cnn(-c2ccccn2)c1C. The van der Waals surface area contributed by atoms with Gasteiger partial charge in [-0.1, -0.05) is 6.07 Å². The largest absolute Gasteiger partial charge is 0.497 e. The summed E-state index contributed by atoms with van der Waals surface area (Å²) in [6, 6.07) is 10.2. The zero-order chi connectivity index (χ0) is 19.4. The van der Waals surface area contributed by atoms with Gasteiger partial charge in [0.15, 0.2) is 5.82 Å². The summed E-state index contributed by atoms with van der Waals surface area (Å²) in [5.74, 6) is 0.108. The number of hydrogen-bond acceptors (Lipinski definition) is 6. The van der Waals surface area contributed by atoms with Crippen molar-refractivity contribution in [1.82, 2.24) is 14.8 Å². The molecule has 0 aliphatic carbocycles. The number of hydrogen-bond donors (Lipinski definition) is 1. The number of rotatable bonds is 5. The molecule has 3 rings (SSSR count). The van der Waals surface area contributed by atoms with Gasteiger partial charge in [0.1, 0.15) is 5.75 Å². The number of esters is 1. The second-order valence-electron chi connectivity index (χ2n) is 5.60. The molecule has 0 unspecified atom stereocenters. The summed E-state index contributed by atoms with van der Waals surface area (Å²) < 4.78 is 11.5. The average molecular weight is 366 g/mol. The highest BCUT2D eigenvalue weighted by atomic mass is 16.5. The maximum Gasteiger partial charge on any atom is 0.340 e.